The molecule has 170 valence electrons. The maximum absolute atomic E-state index is 13.0. The molecule has 5 rings (SSSR count). The number of thiazole rings is 1. The van der Waals surface area contributed by atoms with Crippen molar-refractivity contribution < 1.29 is 4.79 Å². The Hall–Kier alpha value is -3.56. The monoisotopic (exact) mass is 486 g/mol. The first-order chi connectivity index (χ1) is 16.7. The SMILES string of the molecule is C=CCn1c2ccccc2c2nnc(S[C@@H](CC)C(=O)Nc3nc(-c4ccccc4)cs3)nc21. The second-order valence-electron chi connectivity index (χ2n) is 7.59. The van der Waals surface area contributed by atoms with Crippen LogP contribution < -0.4 is 5.32 Å². The number of carbonyl (C=O) groups is 1. The number of rotatable bonds is 8. The molecular weight excluding hydrogens is 464 g/mol. The molecule has 0 spiro atoms. The molecule has 1 atom stereocenters. The molecule has 1 N–H and O–H groups in total. The summed E-state index contributed by atoms with van der Waals surface area (Å²) in [7, 11) is 0. The van der Waals surface area contributed by atoms with Crippen LogP contribution in [0.25, 0.3) is 33.3 Å². The van der Waals surface area contributed by atoms with Crippen LogP contribution in [0.5, 0.6) is 0 Å². The molecule has 0 aliphatic carbocycles. The molecule has 0 aliphatic rings. The van der Waals surface area contributed by atoms with Gasteiger partial charge in [-0.05, 0) is 12.5 Å². The molecule has 1 amide bonds. The van der Waals surface area contributed by atoms with Crippen molar-refractivity contribution in [3.05, 3.63) is 72.6 Å². The van der Waals surface area contributed by atoms with E-state index in [9.17, 15) is 4.79 Å². The molecule has 2 aromatic carbocycles. The highest BCUT2D eigenvalue weighted by atomic mass is 32.2. The summed E-state index contributed by atoms with van der Waals surface area (Å²) in [6, 6.07) is 17.9. The zero-order chi connectivity index (χ0) is 23.5. The molecule has 34 heavy (non-hydrogen) atoms. The number of aromatic nitrogens is 5. The van der Waals surface area contributed by atoms with Crippen LogP contribution in [-0.2, 0) is 11.3 Å². The molecule has 0 saturated heterocycles. The van der Waals surface area contributed by atoms with Crippen molar-refractivity contribution in [2.24, 2.45) is 0 Å². The van der Waals surface area contributed by atoms with Crippen molar-refractivity contribution in [3.63, 3.8) is 0 Å². The van der Waals surface area contributed by atoms with E-state index in [0.717, 1.165) is 33.3 Å². The van der Waals surface area contributed by atoms with Gasteiger partial charge in [0.05, 0.1) is 16.5 Å². The third kappa shape index (κ3) is 4.32. The summed E-state index contributed by atoms with van der Waals surface area (Å²) in [5, 5.41) is 15.3. The molecule has 3 heterocycles. The molecule has 3 aromatic heterocycles. The van der Waals surface area contributed by atoms with Crippen LogP contribution in [0.1, 0.15) is 13.3 Å². The van der Waals surface area contributed by atoms with Crippen LogP contribution in [0.4, 0.5) is 5.13 Å². The molecule has 5 aromatic rings. The fourth-order valence-corrected chi connectivity index (χ4v) is 5.30. The van der Waals surface area contributed by atoms with Gasteiger partial charge >= 0.3 is 0 Å². The third-order valence-corrected chi connectivity index (χ3v) is 7.35. The van der Waals surface area contributed by atoms with E-state index in [1.54, 1.807) is 0 Å². The lowest BCUT2D eigenvalue weighted by atomic mass is 10.2. The third-order valence-electron chi connectivity index (χ3n) is 5.38. The molecule has 0 bridgehead atoms. The van der Waals surface area contributed by atoms with Crippen LogP contribution in [-0.4, -0.2) is 35.9 Å². The Morgan fingerprint density at radius 2 is 1.94 bits per heavy atom. The number of nitrogens with one attached hydrogen (secondary N) is 1. The predicted octanol–water partition coefficient (Wildman–Crippen LogP) is 5.80. The van der Waals surface area contributed by atoms with E-state index in [4.69, 9.17) is 4.98 Å². The highest BCUT2D eigenvalue weighted by molar-refractivity contribution is 8.00. The van der Waals surface area contributed by atoms with Gasteiger partial charge < -0.3 is 9.88 Å². The Labute approximate surface area is 205 Å². The standard InChI is InChI=1S/C25H22N6OS2/c1-3-14-31-19-13-9-8-12-17(19)21-22(31)27-25(30-29-21)34-20(4-2)23(32)28-24-26-18(15-33-24)16-10-6-5-7-11-16/h3,5-13,15,20H,1,4,14H2,2H3,(H,26,28,32)/t20-/m0/s1. The van der Waals surface area contributed by atoms with Gasteiger partial charge in [0.2, 0.25) is 11.1 Å². The average Bonchev–Trinajstić information content (AvgIpc) is 3.46. The van der Waals surface area contributed by atoms with Crippen LogP contribution in [0, 0.1) is 0 Å². The lowest BCUT2D eigenvalue weighted by Crippen LogP contribution is -2.24. The minimum absolute atomic E-state index is 0.128. The van der Waals surface area contributed by atoms with E-state index >= 15 is 0 Å². The van der Waals surface area contributed by atoms with Gasteiger partial charge in [-0.15, -0.1) is 28.1 Å². The number of allylic oxidation sites excluding steroid dienone is 1. The molecule has 0 fully saturated rings. The van der Waals surface area contributed by atoms with Gasteiger partial charge in [-0.1, -0.05) is 73.3 Å². The minimum atomic E-state index is -0.374. The van der Waals surface area contributed by atoms with E-state index in [2.05, 4.69) is 31.6 Å². The number of thioether (sulfide) groups is 1. The summed E-state index contributed by atoms with van der Waals surface area (Å²) >= 11 is 2.72. The molecule has 0 radical (unpaired) electrons. The maximum atomic E-state index is 13.0. The van der Waals surface area contributed by atoms with E-state index in [1.807, 2.05) is 73.0 Å². The Balaban J connectivity index is 1.37. The fourth-order valence-electron chi connectivity index (χ4n) is 3.76. The summed E-state index contributed by atoms with van der Waals surface area (Å²) in [5.41, 5.74) is 4.37. The quantitative estimate of drug-likeness (QED) is 0.220. The minimum Gasteiger partial charge on any atom is -0.320 e. The molecule has 7 nitrogen and oxygen atoms in total. The number of hydrogen-bond donors (Lipinski definition) is 1. The van der Waals surface area contributed by atoms with Crippen LogP contribution in [0.3, 0.4) is 0 Å². The number of anilines is 1. The zero-order valence-electron chi connectivity index (χ0n) is 18.5. The van der Waals surface area contributed by atoms with Gasteiger partial charge in [-0.25, -0.2) is 9.97 Å². The Bertz CT molecular complexity index is 1480. The summed E-state index contributed by atoms with van der Waals surface area (Å²) in [4.78, 5) is 22.3. The average molecular weight is 487 g/mol. The zero-order valence-corrected chi connectivity index (χ0v) is 20.1. The van der Waals surface area contributed by atoms with Crippen LogP contribution >= 0.6 is 23.1 Å². The van der Waals surface area contributed by atoms with Crippen LogP contribution in [0.15, 0.2) is 77.8 Å². The number of fused-ring (bicyclic) bond motifs is 3. The van der Waals surface area contributed by atoms with Crippen LogP contribution in [0.2, 0.25) is 0 Å². The van der Waals surface area contributed by atoms with Crippen molar-refractivity contribution in [1.82, 2.24) is 24.7 Å². The number of nitrogens with zero attached hydrogens (tertiary/aromatic N) is 5. The summed E-state index contributed by atoms with van der Waals surface area (Å²) in [5.74, 6) is -0.128. The first-order valence-electron chi connectivity index (χ1n) is 10.9. The van der Waals surface area contributed by atoms with E-state index in [1.165, 1.54) is 23.1 Å². The van der Waals surface area contributed by atoms with E-state index in [0.29, 0.717) is 23.3 Å². The molecule has 0 aliphatic heterocycles. The van der Waals surface area contributed by atoms with Gasteiger partial charge in [0, 0.05) is 22.9 Å². The number of amides is 1. The van der Waals surface area contributed by atoms with Gasteiger partial charge in [0.1, 0.15) is 5.52 Å². The van der Waals surface area contributed by atoms with Crippen molar-refractivity contribution in [2.45, 2.75) is 30.3 Å². The predicted molar refractivity (Wildman–Crippen MR) is 139 cm³/mol. The van der Waals surface area contributed by atoms with Gasteiger partial charge in [0.15, 0.2) is 10.8 Å². The number of para-hydroxylation sites is 1. The van der Waals surface area contributed by atoms with E-state index in [-0.39, 0.29) is 11.2 Å². The number of benzene rings is 2. The highest BCUT2D eigenvalue weighted by Crippen LogP contribution is 2.30. The van der Waals surface area contributed by atoms with Gasteiger partial charge in [-0.3, -0.25) is 4.79 Å². The maximum Gasteiger partial charge on any atom is 0.239 e. The molecular formula is C25H22N6OS2. The summed E-state index contributed by atoms with van der Waals surface area (Å²) in [6.45, 7) is 6.45. The molecule has 0 saturated carbocycles. The lowest BCUT2D eigenvalue weighted by molar-refractivity contribution is -0.115. The Morgan fingerprint density at radius 3 is 2.74 bits per heavy atom. The second kappa shape index (κ2) is 9.74. The van der Waals surface area contributed by atoms with Gasteiger partial charge in [0.25, 0.3) is 0 Å². The lowest BCUT2D eigenvalue weighted by Gasteiger charge is -2.12. The number of carbonyl (C=O) groups excluding carboxylic acids is 1. The topological polar surface area (TPSA) is 85.6 Å². The first-order valence-corrected chi connectivity index (χ1v) is 12.6. The van der Waals surface area contributed by atoms with Crippen molar-refractivity contribution in [1.29, 1.82) is 0 Å². The molecule has 9 heteroatoms. The number of hydrogen-bond acceptors (Lipinski definition) is 7. The normalized spacial score (nSPS) is 12.1. The van der Waals surface area contributed by atoms with E-state index < -0.39 is 0 Å². The van der Waals surface area contributed by atoms with Crippen molar-refractivity contribution in [3.8, 4) is 11.3 Å². The first kappa shape index (κ1) is 22.2. The van der Waals surface area contributed by atoms with Crippen molar-refractivity contribution in [2.75, 3.05) is 5.32 Å². The Morgan fingerprint density at radius 1 is 1.15 bits per heavy atom. The largest absolute Gasteiger partial charge is 0.320 e. The molecule has 0 unspecified atom stereocenters. The Kier molecular flexibility index (Phi) is 6.37. The highest BCUT2D eigenvalue weighted by Gasteiger charge is 2.22. The fraction of sp³-hybridized carbons (Fsp3) is 0.160. The van der Waals surface area contributed by atoms with Crippen molar-refractivity contribution >= 4 is 56.2 Å². The second-order valence-corrected chi connectivity index (χ2v) is 9.62. The smallest absolute Gasteiger partial charge is 0.239 e. The summed E-state index contributed by atoms with van der Waals surface area (Å²) in [6.07, 6.45) is 2.45. The van der Waals surface area contributed by atoms with Gasteiger partial charge in [-0.2, -0.15) is 0 Å². The summed E-state index contributed by atoms with van der Waals surface area (Å²) < 4.78 is 2.07.